The largest absolute Gasteiger partial charge is 0.469 e. The Morgan fingerprint density at radius 1 is 1.33 bits per heavy atom. The molecule has 0 radical (unpaired) electrons. The van der Waals surface area contributed by atoms with Gasteiger partial charge in [0.05, 0.1) is 21.9 Å². The summed E-state index contributed by atoms with van der Waals surface area (Å²) in [6.45, 7) is 0. The zero-order valence-corrected chi connectivity index (χ0v) is 12.9. The summed E-state index contributed by atoms with van der Waals surface area (Å²) in [6.07, 6.45) is 3.31. The Hall–Kier alpha value is -1.79. The Bertz CT molecular complexity index is 738. The van der Waals surface area contributed by atoms with Crippen molar-refractivity contribution in [2.45, 2.75) is 17.7 Å². The number of benzene rings is 1. The molecular formula is C14H14ClNO4S. The van der Waals surface area contributed by atoms with E-state index >= 15 is 0 Å². The molecule has 2 rings (SSSR count). The van der Waals surface area contributed by atoms with E-state index in [0.29, 0.717) is 12.2 Å². The van der Waals surface area contributed by atoms with Gasteiger partial charge in [-0.25, -0.2) is 8.42 Å². The standard InChI is InChI=1S/C14H14ClNO4S/c1-21(18,19)11-5-6-12(15)13(9-11)16-14(17)7-4-10-3-2-8-20-10/h2-3,5-6,8-9H,4,7H2,1H3,(H,16,17). The van der Waals surface area contributed by atoms with Gasteiger partial charge in [0.15, 0.2) is 9.84 Å². The van der Waals surface area contributed by atoms with E-state index in [4.69, 9.17) is 16.0 Å². The normalized spacial score (nSPS) is 11.3. The Kier molecular flexibility index (Phi) is 4.69. The Labute approximate surface area is 127 Å². The molecule has 0 spiro atoms. The average Bonchev–Trinajstić information content (AvgIpc) is 2.91. The van der Waals surface area contributed by atoms with Crippen LogP contribution in [-0.2, 0) is 21.1 Å². The fourth-order valence-corrected chi connectivity index (χ4v) is 2.55. The fourth-order valence-electron chi connectivity index (χ4n) is 1.74. The van der Waals surface area contributed by atoms with Crippen LogP contribution in [0.4, 0.5) is 5.69 Å². The van der Waals surface area contributed by atoms with E-state index in [1.54, 1.807) is 18.4 Å². The smallest absolute Gasteiger partial charge is 0.224 e. The highest BCUT2D eigenvalue weighted by Gasteiger charge is 2.12. The lowest BCUT2D eigenvalue weighted by Crippen LogP contribution is -2.13. The third kappa shape index (κ3) is 4.34. The van der Waals surface area contributed by atoms with Crippen LogP contribution in [0.1, 0.15) is 12.2 Å². The van der Waals surface area contributed by atoms with E-state index in [1.807, 2.05) is 0 Å². The molecule has 1 aromatic heterocycles. The molecule has 7 heteroatoms. The minimum atomic E-state index is -3.35. The maximum absolute atomic E-state index is 11.9. The molecule has 21 heavy (non-hydrogen) atoms. The molecule has 0 saturated heterocycles. The predicted octanol–water partition coefficient (Wildman–Crippen LogP) is 2.91. The Balaban J connectivity index is 2.06. The highest BCUT2D eigenvalue weighted by Crippen LogP contribution is 2.25. The van der Waals surface area contributed by atoms with Gasteiger partial charge < -0.3 is 9.73 Å². The second-order valence-electron chi connectivity index (χ2n) is 4.54. The van der Waals surface area contributed by atoms with Gasteiger partial charge in [-0.15, -0.1) is 0 Å². The van der Waals surface area contributed by atoms with Gasteiger partial charge in [-0.3, -0.25) is 4.79 Å². The first-order valence-electron chi connectivity index (χ1n) is 6.18. The summed E-state index contributed by atoms with van der Waals surface area (Å²) in [5.41, 5.74) is 0.282. The maximum Gasteiger partial charge on any atom is 0.224 e. The summed E-state index contributed by atoms with van der Waals surface area (Å²) in [4.78, 5) is 12.0. The lowest BCUT2D eigenvalue weighted by atomic mass is 10.2. The number of carbonyl (C=O) groups excluding carboxylic acids is 1. The first kappa shape index (κ1) is 15.6. The van der Waals surface area contributed by atoms with Crippen molar-refractivity contribution in [3.63, 3.8) is 0 Å². The molecule has 1 N–H and O–H groups in total. The first-order valence-corrected chi connectivity index (χ1v) is 8.45. The summed E-state index contributed by atoms with van der Waals surface area (Å²) in [6, 6.07) is 7.73. The Morgan fingerprint density at radius 3 is 2.71 bits per heavy atom. The topological polar surface area (TPSA) is 76.4 Å². The summed E-state index contributed by atoms with van der Waals surface area (Å²) in [7, 11) is -3.35. The van der Waals surface area contributed by atoms with Gasteiger partial charge in [0.1, 0.15) is 5.76 Å². The van der Waals surface area contributed by atoms with Gasteiger partial charge in [-0.1, -0.05) is 11.6 Å². The molecule has 0 saturated carbocycles. The number of anilines is 1. The number of carbonyl (C=O) groups is 1. The number of halogens is 1. The van der Waals surface area contributed by atoms with Crippen molar-refractivity contribution in [1.82, 2.24) is 0 Å². The van der Waals surface area contributed by atoms with Crippen LogP contribution in [0.2, 0.25) is 5.02 Å². The molecule has 0 atom stereocenters. The summed E-state index contributed by atoms with van der Waals surface area (Å²) < 4.78 is 28.1. The van der Waals surface area contributed by atoms with Crippen molar-refractivity contribution in [3.8, 4) is 0 Å². The minimum absolute atomic E-state index is 0.105. The van der Waals surface area contributed by atoms with Crippen molar-refractivity contribution >= 4 is 33.0 Å². The van der Waals surface area contributed by atoms with E-state index in [9.17, 15) is 13.2 Å². The highest BCUT2D eigenvalue weighted by atomic mass is 35.5. The number of furan rings is 1. The van der Waals surface area contributed by atoms with Crippen LogP contribution in [-0.4, -0.2) is 20.6 Å². The van der Waals surface area contributed by atoms with Crippen molar-refractivity contribution in [2.75, 3.05) is 11.6 Å². The van der Waals surface area contributed by atoms with Crippen LogP contribution in [0, 0.1) is 0 Å². The van der Waals surface area contributed by atoms with E-state index in [2.05, 4.69) is 5.32 Å². The van der Waals surface area contributed by atoms with Gasteiger partial charge in [-0.2, -0.15) is 0 Å². The zero-order valence-electron chi connectivity index (χ0n) is 11.3. The number of amides is 1. The molecule has 1 aromatic carbocycles. The monoisotopic (exact) mass is 327 g/mol. The van der Waals surface area contributed by atoms with Gasteiger partial charge in [-0.05, 0) is 30.3 Å². The summed E-state index contributed by atoms with van der Waals surface area (Å²) >= 11 is 5.96. The summed E-state index contributed by atoms with van der Waals surface area (Å²) in [5, 5.41) is 2.89. The van der Waals surface area contributed by atoms with Crippen LogP contribution < -0.4 is 5.32 Å². The van der Waals surface area contributed by atoms with Gasteiger partial charge in [0, 0.05) is 19.1 Å². The second kappa shape index (κ2) is 6.32. The molecule has 1 amide bonds. The third-order valence-electron chi connectivity index (χ3n) is 2.82. The fraction of sp³-hybridized carbons (Fsp3) is 0.214. The molecule has 112 valence electrons. The molecular weight excluding hydrogens is 314 g/mol. The van der Waals surface area contributed by atoms with Gasteiger partial charge in [0.2, 0.25) is 5.91 Å². The van der Waals surface area contributed by atoms with Crippen molar-refractivity contribution in [3.05, 3.63) is 47.4 Å². The minimum Gasteiger partial charge on any atom is -0.469 e. The summed E-state index contributed by atoms with van der Waals surface area (Å²) in [5.74, 6) is 0.445. The molecule has 2 aromatic rings. The van der Waals surface area contributed by atoms with Crippen molar-refractivity contribution < 1.29 is 17.6 Å². The maximum atomic E-state index is 11.9. The SMILES string of the molecule is CS(=O)(=O)c1ccc(Cl)c(NC(=O)CCc2ccco2)c1. The van der Waals surface area contributed by atoms with Crippen LogP contribution >= 0.6 is 11.6 Å². The number of sulfone groups is 1. The van der Waals surface area contributed by atoms with E-state index in [-0.39, 0.29) is 27.9 Å². The van der Waals surface area contributed by atoms with E-state index in [0.717, 1.165) is 6.26 Å². The molecule has 0 unspecified atom stereocenters. The van der Waals surface area contributed by atoms with E-state index < -0.39 is 9.84 Å². The predicted molar refractivity (Wildman–Crippen MR) is 80.2 cm³/mol. The molecule has 0 fully saturated rings. The second-order valence-corrected chi connectivity index (χ2v) is 6.96. The first-order chi connectivity index (χ1) is 9.86. The van der Waals surface area contributed by atoms with Gasteiger partial charge in [0.25, 0.3) is 0 Å². The Morgan fingerprint density at radius 2 is 2.10 bits per heavy atom. The molecule has 0 aliphatic carbocycles. The number of rotatable bonds is 5. The van der Waals surface area contributed by atoms with Crippen LogP contribution in [0.5, 0.6) is 0 Å². The van der Waals surface area contributed by atoms with Crippen LogP contribution in [0.3, 0.4) is 0 Å². The number of nitrogens with one attached hydrogen (secondary N) is 1. The van der Waals surface area contributed by atoms with Crippen molar-refractivity contribution in [1.29, 1.82) is 0 Å². The van der Waals surface area contributed by atoms with Crippen LogP contribution in [0.25, 0.3) is 0 Å². The van der Waals surface area contributed by atoms with Crippen LogP contribution in [0.15, 0.2) is 45.9 Å². The number of hydrogen-bond acceptors (Lipinski definition) is 4. The molecule has 0 bridgehead atoms. The molecule has 1 heterocycles. The average molecular weight is 328 g/mol. The number of aryl methyl sites for hydroxylation is 1. The number of hydrogen-bond donors (Lipinski definition) is 1. The van der Waals surface area contributed by atoms with Gasteiger partial charge >= 0.3 is 0 Å². The molecule has 0 aliphatic heterocycles. The molecule has 0 aliphatic rings. The van der Waals surface area contributed by atoms with Crippen molar-refractivity contribution in [2.24, 2.45) is 0 Å². The third-order valence-corrected chi connectivity index (χ3v) is 4.26. The highest BCUT2D eigenvalue weighted by molar-refractivity contribution is 7.90. The molecule has 5 nitrogen and oxygen atoms in total. The zero-order chi connectivity index (χ0) is 15.5. The lowest BCUT2D eigenvalue weighted by Gasteiger charge is -2.08. The quantitative estimate of drug-likeness (QED) is 0.916. The van der Waals surface area contributed by atoms with E-state index in [1.165, 1.54) is 18.2 Å². The lowest BCUT2D eigenvalue weighted by molar-refractivity contribution is -0.116.